The molecule has 1 saturated carbocycles. The van der Waals surface area contributed by atoms with Crippen LogP contribution in [0.1, 0.15) is 23.2 Å². The first-order valence-corrected chi connectivity index (χ1v) is 9.99. The van der Waals surface area contributed by atoms with Gasteiger partial charge in [0, 0.05) is 43.6 Å². The summed E-state index contributed by atoms with van der Waals surface area (Å²) in [5.41, 5.74) is 7.71. The third-order valence-electron chi connectivity index (χ3n) is 5.61. The highest BCUT2D eigenvalue weighted by molar-refractivity contribution is 5.97. The summed E-state index contributed by atoms with van der Waals surface area (Å²) in [5.74, 6) is 1.21. The van der Waals surface area contributed by atoms with Gasteiger partial charge in [0.25, 0.3) is 5.91 Å². The van der Waals surface area contributed by atoms with Crippen molar-refractivity contribution in [1.82, 2.24) is 14.9 Å². The van der Waals surface area contributed by atoms with Crippen LogP contribution in [-0.4, -0.2) is 66.1 Å². The fourth-order valence-corrected chi connectivity index (χ4v) is 3.88. The summed E-state index contributed by atoms with van der Waals surface area (Å²) in [7, 11) is 2.15. The second-order valence-electron chi connectivity index (χ2n) is 7.97. The van der Waals surface area contributed by atoms with E-state index in [0.717, 1.165) is 49.6 Å². The van der Waals surface area contributed by atoms with Crippen molar-refractivity contribution in [3.8, 4) is 5.75 Å². The van der Waals surface area contributed by atoms with Crippen molar-refractivity contribution in [3.63, 3.8) is 0 Å². The van der Waals surface area contributed by atoms with Gasteiger partial charge in [-0.25, -0.2) is 4.98 Å². The number of anilines is 4. The Morgan fingerprint density at radius 3 is 2.97 bits per heavy atom. The number of carbonyl (C=O) groups excluding carboxylic acids is 1. The van der Waals surface area contributed by atoms with Crippen LogP contribution in [0.15, 0.2) is 24.4 Å². The molecular formula is C20H25N7O2. The van der Waals surface area contributed by atoms with E-state index in [2.05, 4.69) is 43.5 Å². The smallest absolute Gasteiger partial charge is 0.254 e. The average Bonchev–Trinajstić information content (AvgIpc) is 3.51. The van der Waals surface area contributed by atoms with Crippen LogP contribution < -0.4 is 26.0 Å². The zero-order valence-corrected chi connectivity index (χ0v) is 16.4. The summed E-state index contributed by atoms with van der Waals surface area (Å²) >= 11 is 0. The molecule has 0 radical (unpaired) electrons. The average molecular weight is 395 g/mol. The second-order valence-corrected chi connectivity index (χ2v) is 7.97. The molecule has 1 aromatic carbocycles. The van der Waals surface area contributed by atoms with Gasteiger partial charge in [0.05, 0.1) is 17.3 Å². The molecule has 3 heterocycles. The number of likely N-dealkylation sites (N-methyl/N-ethyl adjacent to an activating group) is 1. The fraction of sp³-hybridized carbons (Fsp3) is 0.450. The summed E-state index contributed by atoms with van der Waals surface area (Å²) in [4.78, 5) is 25.1. The number of hydrogen-bond acceptors (Lipinski definition) is 8. The SMILES string of the molecule is CN1CCN2c3ccc(Nc4ncc(C(N)=O)c(NC5CC5)n4)cc3OCC2C1. The van der Waals surface area contributed by atoms with Gasteiger partial charge in [-0.15, -0.1) is 0 Å². The maximum absolute atomic E-state index is 11.6. The summed E-state index contributed by atoms with van der Waals surface area (Å²) in [6, 6.07) is 6.80. The Morgan fingerprint density at radius 1 is 1.31 bits per heavy atom. The third-order valence-corrected chi connectivity index (χ3v) is 5.61. The van der Waals surface area contributed by atoms with Crippen molar-refractivity contribution in [2.24, 2.45) is 5.73 Å². The molecule has 2 aliphatic heterocycles. The van der Waals surface area contributed by atoms with Crippen molar-refractivity contribution < 1.29 is 9.53 Å². The van der Waals surface area contributed by atoms with Crippen molar-refractivity contribution in [2.75, 3.05) is 48.8 Å². The number of nitrogens with one attached hydrogen (secondary N) is 2. The van der Waals surface area contributed by atoms with E-state index < -0.39 is 5.91 Å². The molecule has 29 heavy (non-hydrogen) atoms. The fourth-order valence-electron chi connectivity index (χ4n) is 3.88. The monoisotopic (exact) mass is 395 g/mol. The first kappa shape index (κ1) is 18.0. The van der Waals surface area contributed by atoms with Crippen LogP contribution in [0.25, 0.3) is 0 Å². The first-order chi connectivity index (χ1) is 14.1. The van der Waals surface area contributed by atoms with Gasteiger partial charge in [-0.1, -0.05) is 0 Å². The molecule has 1 saturated heterocycles. The minimum atomic E-state index is -0.538. The van der Waals surface area contributed by atoms with E-state index in [1.54, 1.807) is 0 Å². The molecule has 9 heteroatoms. The molecule has 1 unspecified atom stereocenters. The topological polar surface area (TPSA) is 109 Å². The minimum absolute atomic E-state index is 0.303. The Balaban J connectivity index is 1.37. The number of rotatable bonds is 5. The molecule has 1 aliphatic carbocycles. The van der Waals surface area contributed by atoms with E-state index in [0.29, 0.717) is 36.0 Å². The number of piperazine rings is 1. The van der Waals surface area contributed by atoms with Gasteiger partial charge < -0.3 is 30.9 Å². The number of amides is 1. The summed E-state index contributed by atoms with van der Waals surface area (Å²) in [5, 5.41) is 6.46. The van der Waals surface area contributed by atoms with E-state index in [-0.39, 0.29) is 0 Å². The lowest BCUT2D eigenvalue weighted by Gasteiger charge is -2.44. The molecule has 0 bridgehead atoms. The maximum Gasteiger partial charge on any atom is 0.254 e. The number of ether oxygens (including phenoxy) is 1. The first-order valence-electron chi connectivity index (χ1n) is 9.99. The van der Waals surface area contributed by atoms with E-state index in [9.17, 15) is 4.79 Å². The number of benzene rings is 1. The maximum atomic E-state index is 11.6. The molecule has 4 N–H and O–H groups in total. The Kier molecular flexibility index (Phi) is 4.39. The van der Waals surface area contributed by atoms with E-state index >= 15 is 0 Å². The molecule has 2 aromatic rings. The quantitative estimate of drug-likeness (QED) is 0.697. The van der Waals surface area contributed by atoms with Gasteiger partial charge in [-0.2, -0.15) is 4.98 Å². The van der Waals surface area contributed by atoms with Crippen LogP contribution in [0.4, 0.5) is 23.1 Å². The molecule has 1 atom stereocenters. The lowest BCUT2D eigenvalue weighted by molar-refractivity contribution is 0.100. The third kappa shape index (κ3) is 3.65. The normalized spacial score (nSPS) is 21.0. The van der Waals surface area contributed by atoms with Gasteiger partial charge in [-0.05, 0) is 32.0 Å². The number of aromatic nitrogens is 2. The van der Waals surface area contributed by atoms with Gasteiger partial charge in [-0.3, -0.25) is 4.79 Å². The van der Waals surface area contributed by atoms with Crippen LogP contribution in [-0.2, 0) is 0 Å². The number of nitrogens with two attached hydrogens (primary N) is 1. The van der Waals surface area contributed by atoms with E-state index in [1.807, 2.05) is 12.1 Å². The van der Waals surface area contributed by atoms with Gasteiger partial charge in [0.15, 0.2) is 0 Å². The largest absolute Gasteiger partial charge is 0.489 e. The zero-order chi connectivity index (χ0) is 20.0. The number of fused-ring (bicyclic) bond motifs is 3. The molecule has 0 spiro atoms. The molecular weight excluding hydrogens is 370 g/mol. The Labute approximate surface area is 169 Å². The highest BCUT2D eigenvalue weighted by Gasteiger charge is 2.31. The standard InChI is InChI=1S/C20H25N7O2/c1-26-6-7-27-14(10-26)11-29-17-8-13(4-5-16(17)27)24-20-22-9-15(18(21)28)19(25-20)23-12-2-3-12/h4-5,8-9,12,14H,2-3,6-7,10-11H2,1H3,(H2,21,28)(H2,22,23,24,25). The Morgan fingerprint density at radius 2 is 2.17 bits per heavy atom. The number of primary amides is 1. The highest BCUT2D eigenvalue weighted by atomic mass is 16.5. The highest BCUT2D eigenvalue weighted by Crippen LogP contribution is 2.37. The number of nitrogens with zero attached hydrogens (tertiary/aromatic N) is 4. The van der Waals surface area contributed by atoms with E-state index in [4.69, 9.17) is 10.5 Å². The summed E-state index contributed by atoms with van der Waals surface area (Å²) in [6.45, 7) is 3.74. The molecule has 1 aromatic heterocycles. The van der Waals surface area contributed by atoms with Crippen molar-refractivity contribution in [2.45, 2.75) is 24.9 Å². The molecule has 5 rings (SSSR count). The van der Waals surface area contributed by atoms with Gasteiger partial charge >= 0.3 is 0 Å². The molecule has 3 aliphatic rings. The van der Waals surface area contributed by atoms with Crippen molar-refractivity contribution in [3.05, 3.63) is 30.0 Å². The van der Waals surface area contributed by atoms with Crippen LogP contribution >= 0.6 is 0 Å². The van der Waals surface area contributed by atoms with Crippen LogP contribution in [0.3, 0.4) is 0 Å². The Hall–Kier alpha value is -3.07. The van der Waals surface area contributed by atoms with Crippen LogP contribution in [0.2, 0.25) is 0 Å². The van der Waals surface area contributed by atoms with E-state index in [1.165, 1.54) is 6.20 Å². The summed E-state index contributed by atoms with van der Waals surface area (Å²) in [6.07, 6.45) is 3.60. The molecule has 2 fully saturated rings. The predicted octanol–water partition coefficient (Wildman–Crippen LogP) is 1.41. The zero-order valence-electron chi connectivity index (χ0n) is 16.4. The lowest BCUT2D eigenvalue weighted by atomic mass is 10.1. The van der Waals surface area contributed by atoms with Crippen molar-refractivity contribution in [1.29, 1.82) is 0 Å². The van der Waals surface area contributed by atoms with Crippen molar-refractivity contribution >= 4 is 29.0 Å². The molecule has 1 amide bonds. The Bertz CT molecular complexity index is 946. The summed E-state index contributed by atoms with van der Waals surface area (Å²) < 4.78 is 6.03. The lowest BCUT2D eigenvalue weighted by Crippen LogP contribution is -2.56. The minimum Gasteiger partial charge on any atom is -0.489 e. The molecule has 9 nitrogen and oxygen atoms in total. The number of hydrogen-bond donors (Lipinski definition) is 3. The van der Waals surface area contributed by atoms with Crippen LogP contribution in [0.5, 0.6) is 5.75 Å². The van der Waals surface area contributed by atoms with Gasteiger partial charge in [0.1, 0.15) is 18.2 Å². The molecule has 152 valence electrons. The van der Waals surface area contributed by atoms with Crippen LogP contribution in [0, 0.1) is 0 Å². The second kappa shape index (κ2) is 7.07. The van der Waals surface area contributed by atoms with Gasteiger partial charge in [0.2, 0.25) is 5.95 Å². The predicted molar refractivity (Wildman–Crippen MR) is 111 cm³/mol. The number of carbonyl (C=O) groups is 1.